The summed E-state index contributed by atoms with van der Waals surface area (Å²) >= 11 is 0. The maximum atomic E-state index is 11.7. The number of ketones is 1. The van der Waals surface area contributed by atoms with Gasteiger partial charge in [-0.15, -0.1) is 0 Å². The van der Waals surface area contributed by atoms with Crippen molar-refractivity contribution in [3.05, 3.63) is 0 Å². The van der Waals surface area contributed by atoms with Crippen LogP contribution in [0.4, 0.5) is 0 Å². The van der Waals surface area contributed by atoms with Gasteiger partial charge in [0.15, 0.2) is 0 Å². The van der Waals surface area contributed by atoms with E-state index in [1.54, 1.807) is 6.92 Å². The summed E-state index contributed by atoms with van der Waals surface area (Å²) in [7, 11) is 0. The van der Waals surface area contributed by atoms with E-state index in [4.69, 9.17) is 4.74 Å². The standard InChI is InChI=1S/C12H19NO3/c1-2-16-12(15)10-8-13(7-6-11(10)14)9-4-3-5-9/h9-10H,2-8H2,1H3. The molecule has 1 aliphatic carbocycles. The van der Waals surface area contributed by atoms with Crippen molar-refractivity contribution in [1.82, 2.24) is 4.90 Å². The van der Waals surface area contributed by atoms with E-state index in [1.807, 2.05) is 0 Å². The predicted octanol–water partition coefficient (Wildman–Crippen LogP) is 0.993. The van der Waals surface area contributed by atoms with E-state index < -0.39 is 5.92 Å². The van der Waals surface area contributed by atoms with Crippen molar-refractivity contribution in [3.63, 3.8) is 0 Å². The molecule has 4 heteroatoms. The van der Waals surface area contributed by atoms with E-state index in [-0.39, 0.29) is 11.8 Å². The Kier molecular flexibility index (Phi) is 3.59. The number of nitrogens with zero attached hydrogens (tertiary/aromatic N) is 1. The number of hydrogen-bond acceptors (Lipinski definition) is 4. The molecule has 0 aromatic carbocycles. The average molecular weight is 225 g/mol. The van der Waals surface area contributed by atoms with E-state index in [0.717, 1.165) is 6.54 Å². The Bertz CT molecular complexity index is 286. The monoisotopic (exact) mass is 225 g/mol. The second-order valence-electron chi connectivity index (χ2n) is 4.60. The highest BCUT2D eigenvalue weighted by Crippen LogP contribution is 2.28. The van der Waals surface area contributed by atoms with Crippen LogP contribution in [0.15, 0.2) is 0 Å². The number of ether oxygens (including phenoxy) is 1. The van der Waals surface area contributed by atoms with Crippen molar-refractivity contribution in [2.75, 3.05) is 19.7 Å². The van der Waals surface area contributed by atoms with E-state index in [9.17, 15) is 9.59 Å². The summed E-state index contributed by atoms with van der Waals surface area (Å²) in [5.41, 5.74) is 0. The first-order chi connectivity index (χ1) is 7.72. The molecule has 0 N–H and O–H groups in total. The van der Waals surface area contributed by atoms with E-state index in [0.29, 0.717) is 25.6 Å². The zero-order valence-corrected chi connectivity index (χ0v) is 9.78. The van der Waals surface area contributed by atoms with Crippen LogP contribution in [0.1, 0.15) is 32.6 Å². The first-order valence-corrected chi connectivity index (χ1v) is 6.15. The van der Waals surface area contributed by atoms with Crippen molar-refractivity contribution < 1.29 is 14.3 Å². The van der Waals surface area contributed by atoms with E-state index in [2.05, 4.69) is 4.90 Å². The molecule has 1 heterocycles. The number of rotatable bonds is 3. The molecule has 0 aromatic heterocycles. The number of esters is 1. The average Bonchev–Trinajstić information content (AvgIpc) is 2.18. The molecular weight excluding hydrogens is 206 g/mol. The largest absolute Gasteiger partial charge is 0.465 e. The molecule has 1 saturated heterocycles. The van der Waals surface area contributed by atoms with Gasteiger partial charge < -0.3 is 4.74 Å². The van der Waals surface area contributed by atoms with Crippen LogP contribution in [0.5, 0.6) is 0 Å². The van der Waals surface area contributed by atoms with Crippen LogP contribution in [-0.2, 0) is 14.3 Å². The summed E-state index contributed by atoms with van der Waals surface area (Å²) < 4.78 is 4.95. The second-order valence-corrected chi connectivity index (χ2v) is 4.60. The van der Waals surface area contributed by atoms with Gasteiger partial charge in [-0.05, 0) is 19.8 Å². The highest BCUT2D eigenvalue weighted by Gasteiger charge is 2.37. The van der Waals surface area contributed by atoms with Crippen molar-refractivity contribution >= 4 is 11.8 Å². The summed E-state index contributed by atoms with van der Waals surface area (Å²) in [6.45, 7) is 3.52. The Labute approximate surface area is 95.9 Å². The number of piperidine rings is 1. The molecule has 90 valence electrons. The maximum Gasteiger partial charge on any atom is 0.317 e. The smallest absolute Gasteiger partial charge is 0.317 e. The van der Waals surface area contributed by atoms with Crippen LogP contribution in [0.3, 0.4) is 0 Å². The summed E-state index contributed by atoms with van der Waals surface area (Å²) in [5, 5.41) is 0. The molecular formula is C12H19NO3. The Hall–Kier alpha value is -0.900. The Morgan fingerprint density at radius 3 is 2.81 bits per heavy atom. The van der Waals surface area contributed by atoms with Crippen molar-refractivity contribution in [1.29, 1.82) is 0 Å². The Morgan fingerprint density at radius 1 is 1.50 bits per heavy atom. The van der Waals surface area contributed by atoms with Crippen LogP contribution in [0.2, 0.25) is 0 Å². The fourth-order valence-corrected chi connectivity index (χ4v) is 2.39. The molecule has 2 rings (SSSR count). The van der Waals surface area contributed by atoms with Crippen molar-refractivity contribution in [2.45, 2.75) is 38.6 Å². The molecule has 0 aromatic rings. The van der Waals surface area contributed by atoms with Crippen LogP contribution in [0.25, 0.3) is 0 Å². The third-order valence-electron chi connectivity index (χ3n) is 3.61. The van der Waals surface area contributed by atoms with Gasteiger partial charge in [-0.1, -0.05) is 6.42 Å². The zero-order valence-electron chi connectivity index (χ0n) is 9.78. The van der Waals surface area contributed by atoms with Crippen LogP contribution >= 0.6 is 0 Å². The fourth-order valence-electron chi connectivity index (χ4n) is 2.39. The first kappa shape index (κ1) is 11.6. The van der Waals surface area contributed by atoms with Gasteiger partial charge in [0.2, 0.25) is 0 Å². The van der Waals surface area contributed by atoms with Crippen LogP contribution in [-0.4, -0.2) is 42.4 Å². The minimum atomic E-state index is -0.533. The van der Waals surface area contributed by atoms with Crippen molar-refractivity contribution in [3.8, 4) is 0 Å². The summed E-state index contributed by atoms with van der Waals surface area (Å²) in [6.07, 6.45) is 4.20. The van der Waals surface area contributed by atoms with Crippen LogP contribution < -0.4 is 0 Å². The lowest BCUT2D eigenvalue weighted by Crippen LogP contribution is -2.51. The van der Waals surface area contributed by atoms with Gasteiger partial charge in [0.25, 0.3) is 0 Å². The Balaban J connectivity index is 1.94. The lowest BCUT2D eigenvalue weighted by atomic mass is 9.87. The molecule has 16 heavy (non-hydrogen) atoms. The summed E-state index contributed by atoms with van der Waals surface area (Å²) in [4.78, 5) is 25.6. The van der Waals surface area contributed by atoms with Gasteiger partial charge in [-0.3, -0.25) is 14.5 Å². The minimum absolute atomic E-state index is 0.0500. The van der Waals surface area contributed by atoms with E-state index in [1.165, 1.54) is 19.3 Å². The normalized spacial score (nSPS) is 27.6. The third kappa shape index (κ3) is 2.26. The summed E-state index contributed by atoms with van der Waals surface area (Å²) in [5.74, 6) is -0.820. The molecule has 1 unspecified atom stereocenters. The quantitative estimate of drug-likeness (QED) is 0.531. The fraction of sp³-hybridized carbons (Fsp3) is 0.833. The molecule has 0 bridgehead atoms. The van der Waals surface area contributed by atoms with E-state index >= 15 is 0 Å². The molecule has 0 spiro atoms. The number of Topliss-reactive ketones (excluding diaryl/α,β-unsaturated/α-hetero) is 1. The minimum Gasteiger partial charge on any atom is -0.465 e. The molecule has 1 saturated carbocycles. The zero-order chi connectivity index (χ0) is 11.5. The number of carbonyl (C=O) groups excluding carboxylic acids is 2. The first-order valence-electron chi connectivity index (χ1n) is 6.15. The van der Waals surface area contributed by atoms with Crippen LogP contribution in [0, 0.1) is 5.92 Å². The topological polar surface area (TPSA) is 46.6 Å². The number of likely N-dealkylation sites (tertiary alicyclic amines) is 1. The van der Waals surface area contributed by atoms with Gasteiger partial charge in [0.1, 0.15) is 11.7 Å². The third-order valence-corrected chi connectivity index (χ3v) is 3.61. The number of carbonyl (C=O) groups is 2. The summed E-state index contributed by atoms with van der Waals surface area (Å²) in [6, 6.07) is 0.602. The second kappa shape index (κ2) is 4.95. The van der Waals surface area contributed by atoms with Crippen molar-refractivity contribution in [2.24, 2.45) is 5.92 Å². The number of hydrogen-bond donors (Lipinski definition) is 0. The predicted molar refractivity (Wildman–Crippen MR) is 59.0 cm³/mol. The molecule has 4 nitrogen and oxygen atoms in total. The molecule has 2 aliphatic rings. The highest BCUT2D eigenvalue weighted by molar-refractivity contribution is 5.99. The molecule has 1 aliphatic heterocycles. The van der Waals surface area contributed by atoms with Gasteiger partial charge in [-0.2, -0.15) is 0 Å². The highest BCUT2D eigenvalue weighted by atomic mass is 16.5. The van der Waals surface area contributed by atoms with Gasteiger partial charge in [0, 0.05) is 25.6 Å². The van der Waals surface area contributed by atoms with Gasteiger partial charge >= 0.3 is 5.97 Å². The molecule has 1 atom stereocenters. The van der Waals surface area contributed by atoms with Gasteiger partial charge in [-0.25, -0.2) is 0 Å². The SMILES string of the molecule is CCOC(=O)C1CN(C2CCC2)CCC1=O. The maximum absolute atomic E-state index is 11.7. The molecule has 0 radical (unpaired) electrons. The molecule has 2 fully saturated rings. The lowest BCUT2D eigenvalue weighted by molar-refractivity contribution is -0.154. The lowest BCUT2D eigenvalue weighted by Gasteiger charge is -2.41. The van der Waals surface area contributed by atoms with Gasteiger partial charge in [0.05, 0.1) is 6.61 Å². The Morgan fingerprint density at radius 2 is 2.25 bits per heavy atom. The molecule has 0 amide bonds.